The maximum absolute atomic E-state index is 8.24. The molecule has 0 rings (SSSR count). The summed E-state index contributed by atoms with van der Waals surface area (Å²) in [6, 6.07) is 0. The Balaban J connectivity index is -0.000000200. The third-order valence-electron chi connectivity index (χ3n) is 1.41. The summed E-state index contributed by atoms with van der Waals surface area (Å²) in [6.45, 7) is 4.58. The minimum absolute atomic E-state index is 0.149. The summed E-state index contributed by atoms with van der Waals surface area (Å²) in [5.74, 6) is 0. The van der Waals surface area contributed by atoms with Crippen LogP contribution in [0, 0.1) is 22.7 Å². The molecule has 92 valence electrons. The molecule has 4 nitrogen and oxygen atoms in total. The minimum Gasteiger partial charge on any atom is -0.544 e. The summed E-state index contributed by atoms with van der Waals surface area (Å²) < 4.78 is 36.2. The van der Waals surface area contributed by atoms with Crippen molar-refractivity contribution in [3.05, 3.63) is 0 Å². The molecule has 0 unspecified atom stereocenters. The van der Waals surface area contributed by atoms with Gasteiger partial charge in [0.25, 0.3) is 0 Å². The number of unbranched alkanes of at least 4 members (excludes halogenated alkanes) is 2. The summed E-state index contributed by atoms with van der Waals surface area (Å²) in [5, 5.41) is 0. The molecule has 0 aliphatic rings. The zero-order chi connectivity index (χ0) is 12.4. The molecule has 0 saturated carbocycles. The van der Waals surface area contributed by atoms with Crippen molar-refractivity contribution < 1.29 is 41.3 Å². The molecule has 0 amide bonds. The molecule has 0 spiro atoms. The van der Waals surface area contributed by atoms with Gasteiger partial charge in [0.15, 0.2) is 0 Å². The SMILES string of the molecule is CCC[CH2][Sn+2][CH2]CCC.[O-][Cl+][O-].[O-][Cl+][O-]. The molecule has 0 bridgehead atoms. The summed E-state index contributed by atoms with van der Waals surface area (Å²) >= 11 is -0.684. The van der Waals surface area contributed by atoms with Gasteiger partial charge in [0, 0.05) is 0 Å². The zero-order valence-corrected chi connectivity index (χ0v) is 13.5. The van der Waals surface area contributed by atoms with Crippen LogP contribution in [0.25, 0.3) is 0 Å². The van der Waals surface area contributed by atoms with Crippen LogP contribution in [0.4, 0.5) is 0 Å². The number of hydrogen-bond donors (Lipinski definition) is 0. The van der Waals surface area contributed by atoms with Gasteiger partial charge in [-0.15, -0.1) is 0 Å². The summed E-state index contributed by atoms with van der Waals surface area (Å²) in [7, 11) is 0. The third kappa shape index (κ3) is 51.0. The van der Waals surface area contributed by atoms with Crippen molar-refractivity contribution in [1.29, 1.82) is 0 Å². The van der Waals surface area contributed by atoms with E-state index >= 15 is 0 Å². The molecule has 0 aromatic rings. The van der Waals surface area contributed by atoms with Crippen molar-refractivity contribution >= 4 is 21.1 Å². The van der Waals surface area contributed by atoms with E-state index in [0.717, 1.165) is 0 Å². The first-order valence-corrected chi connectivity index (χ1v) is 10.0. The van der Waals surface area contributed by atoms with Crippen LogP contribution >= 0.6 is 0 Å². The van der Waals surface area contributed by atoms with Crippen LogP contribution in [0.3, 0.4) is 0 Å². The van der Waals surface area contributed by atoms with Gasteiger partial charge in [0.1, 0.15) is 0 Å². The molecular weight excluding hydrogens is 350 g/mol. The van der Waals surface area contributed by atoms with Crippen LogP contribution in [0.15, 0.2) is 0 Å². The Morgan fingerprint density at radius 1 is 0.800 bits per heavy atom. The molecule has 0 saturated heterocycles. The molecule has 0 N–H and O–H groups in total. The van der Waals surface area contributed by atoms with Crippen molar-refractivity contribution in [2.75, 3.05) is 0 Å². The molecule has 0 aliphatic carbocycles. The quantitative estimate of drug-likeness (QED) is 0.416. The van der Waals surface area contributed by atoms with E-state index in [2.05, 4.69) is 13.8 Å². The van der Waals surface area contributed by atoms with Gasteiger partial charge >= 0.3 is 69.5 Å². The van der Waals surface area contributed by atoms with E-state index in [9.17, 15) is 0 Å². The van der Waals surface area contributed by atoms with Gasteiger partial charge in [-0.3, -0.25) is 0 Å². The van der Waals surface area contributed by atoms with Crippen molar-refractivity contribution in [3.8, 4) is 0 Å². The summed E-state index contributed by atoms with van der Waals surface area (Å²) in [5.41, 5.74) is 0. The second-order valence-corrected chi connectivity index (χ2v) is 7.12. The van der Waals surface area contributed by atoms with Gasteiger partial charge in [0.2, 0.25) is 0 Å². The Morgan fingerprint density at radius 2 is 1.07 bits per heavy atom. The first-order chi connectivity index (χ1) is 7.24. The first kappa shape index (κ1) is 21.5. The van der Waals surface area contributed by atoms with E-state index in [1.54, 1.807) is 8.87 Å². The Bertz CT molecular complexity index is 73.7. The van der Waals surface area contributed by atoms with Crippen LogP contribution in [-0.4, -0.2) is 21.1 Å². The maximum atomic E-state index is 8.24. The predicted molar refractivity (Wildman–Crippen MR) is 45.2 cm³/mol. The van der Waals surface area contributed by atoms with Crippen molar-refractivity contribution in [2.24, 2.45) is 0 Å². The fourth-order valence-corrected chi connectivity index (χ4v) is 4.89. The number of rotatable bonds is 6. The van der Waals surface area contributed by atoms with Gasteiger partial charge in [-0.2, -0.15) is 0 Å². The van der Waals surface area contributed by atoms with E-state index in [0.29, 0.717) is 0 Å². The maximum Gasteiger partial charge on any atom is 0.0878 e. The molecule has 7 heteroatoms. The van der Waals surface area contributed by atoms with Gasteiger partial charge in [0.05, 0.1) is 22.7 Å². The fourth-order valence-electron chi connectivity index (χ4n) is 0.729. The van der Waals surface area contributed by atoms with Crippen LogP contribution in [0.1, 0.15) is 39.5 Å². The molecule has 0 heterocycles. The number of halogens is 2. The smallest absolute Gasteiger partial charge is 0.0878 e. The van der Waals surface area contributed by atoms with Gasteiger partial charge < -0.3 is 18.6 Å². The summed E-state index contributed by atoms with van der Waals surface area (Å²) in [4.78, 5) is 0. The van der Waals surface area contributed by atoms with Gasteiger partial charge in [-0.05, 0) is 0 Å². The molecule has 0 atom stereocenters. The zero-order valence-electron chi connectivity index (χ0n) is 9.13. The Hall–Kier alpha value is 1.22. The molecule has 15 heavy (non-hydrogen) atoms. The van der Waals surface area contributed by atoms with Crippen LogP contribution in [0.5, 0.6) is 0 Å². The van der Waals surface area contributed by atoms with Crippen LogP contribution in [-0.2, 0) is 0 Å². The van der Waals surface area contributed by atoms with E-state index in [-0.39, 0.29) is 21.1 Å². The fraction of sp³-hybridized carbons (Fsp3) is 1.00. The van der Waals surface area contributed by atoms with Crippen molar-refractivity contribution in [2.45, 2.75) is 48.4 Å². The minimum atomic E-state index is -0.417. The number of hydrogen-bond acceptors (Lipinski definition) is 4. The van der Waals surface area contributed by atoms with Crippen LogP contribution in [0.2, 0.25) is 8.87 Å². The van der Waals surface area contributed by atoms with E-state index in [4.69, 9.17) is 18.6 Å². The molecule has 0 aliphatic heterocycles. The average Bonchev–Trinajstić information content (AvgIpc) is 2.20. The summed E-state index contributed by atoms with van der Waals surface area (Å²) in [6.07, 6.45) is 5.84. The Labute approximate surface area is 110 Å². The molecular formula is C8H18Cl2O4Sn. The largest absolute Gasteiger partial charge is 0.544 e. The van der Waals surface area contributed by atoms with Crippen molar-refractivity contribution in [3.63, 3.8) is 0 Å². The predicted octanol–water partition coefficient (Wildman–Crippen LogP) is -1.63. The average molecular weight is 368 g/mol. The third-order valence-corrected chi connectivity index (χ3v) is 5.45. The standard InChI is InChI=1S/2C4H9.2ClO2.Sn/c2*1-3-4-2;2*2-1-3;/h2*1,3-4H2,2H3;;;/q;;2*-1;+2. The van der Waals surface area contributed by atoms with Gasteiger partial charge in [-0.25, -0.2) is 0 Å². The van der Waals surface area contributed by atoms with E-state index in [1.165, 1.54) is 25.7 Å². The second kappa shape index (κ2) is 29.5. The van der Waals surface area contributed by atoms with Crippen LogP contribution < -0.4 is 18.6 Å². The normalized spacial score (nSPS) is 7.87. The molecule has 0 aromatic heterocycles. The first-order valence-electron chi connectivity index (χ1n) is 4.74. The molecule has 0 fully saturated rings. The Morgan fingerprint density at radius 3 is 1.27 bits per heavy atom. The Kier molecular flexibility index (Phi) is 42.2. The molecule has 0 radical (unpaired) electrons. The van der Waals surface area contributed by atoms with E-state index in [1.807, 2.05) is 0 Å². The van der Waals surface area contributed by atoms with Crippen molar-refractivity contribution in [1.82, 2.24) is 0 Å². The molecule has 0 aromatic carbocycles. The van der Waals surface area contributed by atoms with E-state index < -0.39 is 22.7 Å². The monoisotopic (exact) mass is 368 g/mol. The topological polar surface area (TPSA) is 92.2 Å². The second-order valence-electron chi connectivity index (χ2n) is 2.58. The van der Waals surface area contributed by atoms with Gasteiger partial charge in [-0.1, -0.05) is 0 Å².